The summed E-state index contributed by atoms with van der Waals surface area (Å²) in [5.41, 5.74) is 1.73. The van der Waals surface area contributed by atoms with Crippen LogP contribution in [0, 0.1) is 11.3 Å². The van der Waals surface area contributed by atoms with Crippen molar-refractivity contribution < 1.29 is 4.79 Å². The van der Waals surface area contributed by atoms with Crippen LogP contribution in [0.5, 0.6) is 0 Å². The van der Waals surface area contributed by atoms with E-state index in [9.17, 15) is 10.1 Å². The molecule has 22 heavy (non-hydrogen) atoms. The lowest BCUT2D eigenvalue weighted by molar-refractivity contribution is -0.111. The number of hydrogen-bond acceptors (Lipinski definition) is 5. The van der Waals surface area contributed by atoms with Gasteiger partial charge in [-0.3, -0.25) is 4.79 Å². The molecule has 0 aliphatic carbocycles. The second-order valence-electron chi connectivity index (χ2n) is 5.15. The van der Waals surface area contributed by atoms with Gasteiger partial charge in [0.25, 0.3) is 0 Å². The average molecular weight is 329 g/mol. The normalized spacial score (nSPS) is 14.7. The molecule has 2 aromatic heterocycles. The molecular weight excluding hydrogens is 314 g/mol. The van der Waals surface area contributed by atoms with E-state index in [0.29, 0.717) is 10.6 Å². The van der Waals surface area contributed by atoms with Crippen molar-refractivity contribution in [3.8, 4) is 6.07 Å². The summed E-state index contributed by atoms with van der Waals surface area (Å²) in [4.78, 5) is 16.5. The zero-order valence-corrected chi connectivity index (χ0v) is 13.8. The molecule has 6 heteroatoms. The maximum Gasteiger partial charge on any atom is 0.249 e. The predicted molar refractivity (Wildman–Crippen MR) is 91.1 cm³/mol. The van der Waals surface area contributed by atoms with E-state index in [4.69, 9.17) is 0 Å². The van der Waals surface area contributed by atoms with E-state index >= 15 is 0 Å². The number of nitrogens with zero attached hydrogens (tertiary/aromatic N) is 2. The fourth-order valence-electron chi connectivity index (χ4n) is 2.44. The van der Waals surface area contributed by atoms with Crippen molar-refractivity contribution in [3.05, 3.63) is 44.5 Å². The number of nitrogens with one attached hydrogen (secondary N) is 1. The molecule has 0 saturated carbocycles. The summed E-state index contributed by atoms with van der Waals surface area (Å²) in [6, 6.07) is 6.15. The van der Waals surface area contributed by atoms with Crippen LogP contribution >= 0.6 is 22.7 Å². The van der Waals surface area contributed by atoms with Gasteiger partial charge < -0.3 is 10.2 Å². The molecule has 1 N–H and O–H groups in total. The quantitative estimate of drug-likeness (QED) is 0.879. The van der Waals surface area contributed by atoms with Gasteiger partial charge in [-0.15, -0.1) is 22.7 Å². The number of nitriles is 1. The maximum absolute atomic E-state index is 12.0. The van der Waals surface area contributed by atoms with Crippen molar-refractivity contribution in [2.75, 3.05) is 18.9 Å². The second kappa shape index (κ2) is 6.44. The van der Waals surface area contributed by atoms with Gasteiger partial charge in [0.15, 0.2) is 0 Å². The predicted octanol–water partition coefficient (Wildman–Crippen LogP) is 3.32. The maximum atomic E-state index is 12.0. The van der Waals surface area contributed by atoms with E-state index < -0.39 is 0 Å². The number of amides is 1. The number of likely N-dealkylation sites (N-methyl/N-ethyl adjacent to an activating group) is 1. The highest BCUT2D eigenvalue weighted by Gasteiger charge is 2.23. The zero-order valence-electron chi connectivity index (χ0n) is 12.1. The molecule has 3 heterocycles. The SMILES string of the molecule is CN1CCc2c(sc(NC(=O)/C=C/c3cccs3)c2C#N)C1. The fraction of sp³-hybridized carbons (Fsp3) is 0.250. The number of anilines is 1. The Kier molecular flexibility index (Phi) is 4.39. The lowest BCUT2D eigenvalue weighted by Crippen LogP contribution is -2.25. The number of carbonyl (C=O) groups excluding carboxylic acids is 1. The molecule has 0 spiro atoms. The van der Waals surface area contributed by atoms with Crippen LogP contribution in [-0.2, 0) is 17.8 Å². The minimum atomic E-state index is -0.197. The Morgan fingerprint density at radius 3 is 3.14 bits per heavy atom. The minimum Gasteiger partial charge on any atom is -0.313 e. The number of fused-ring (bicyclic) bond motifs is 1. The van der Waals surface area contributed by atoms with Crippen LogP contribution in [0.3, 0.4) is 0 Å². The van der Waals surface area contributed by atoms with Crippen molar-refractivity contribution in [3.63, 3.8) is 0 Å². The van der Waals surface area contributed by atoms with Crippen LogP contribution in [0.4, 0.5) is 5.00 Å². The van der Waals surface area contributed by atoms with Gasteiger partial charge in [0.2, 0.25) is 5.91 Å². The van der Waals surface area contributed by atoms with Crippen LogP contribution < -0.4 is 5.32 Å². The summed E-state index contributed by atoms with van der Waals surface area (Å²) < 4.78 is 0. The molecular formula is C16H15N3OS2. The van der Waals surface area contributed by atoms with Gasteiger partial charge >= 0.3 is 0 Å². The number of carbonyl (C=O) groups is 1. The molecule has 0 aromatic carbocycles. The number of thiophene rings is 2. The molecule has 0 fully saturated rings. The summed E-state index contributed by atoms with van der Waals surface area (Å²) in [5, 5.41) is 14.9. The molecule has 3 rings (SSSR count). The van der Waals surface area contributed by atoms with Crippen molar-refractivity contribution in [1.82, 2.24) is 4.90 Å². The topological polar surface area (TPSA) is 56.1 Å². The second-order valence-corrected chi connectivity index (χ2v) is 7.23. The lowest BCUT2D eigenvalue weighted by atomic mass is 10.0. The monoisotopic (exact) mass is 329 g/mol. The van der Waals surface area contributed by atoms with Crippen LogP contribution in [-0.4, -0.2) is 24.4 Å². The van der Waals surface area contributed by atoms with E-state index in [0.717, 1.165) is 30.0 Å². The molecule has 1 aliphatic heterocycles. The van der Waals surface area contributed by atoms with Crippen molar-refractivity contribution in [1.29, 1.82) is 5.26 Å². The Hall–Kier alpha value is -1.94. The third-order valence-electron chi connectivity index (χ3n) is 3.54. The molecule has 1 amide bonds. The third-order valence-corrected chi connectivity index (χ3v) is 5.51. The number of hydrogen-bond donors (Lipinski definition) is 1. The largest absolute Gasteiger partial charge is 0.313 e. The van der Waals surface area contributed by atoms with E-state index in [2.05, 4.69) is 23.3 Å². The van der Waals surface area contributed by atoms with Crippen LogP contribution in [0.25, 0.3) is 6.08 Å². The summed E-state index contributed by atoms with van der Waals surface area (Å²) in [6.45, 7) is 1.79. The minimum absolute atomic E-state index is 0.197. The Balaban J connectivity index is 1.78. The highest BCUT2D eigenvalue weighted by Crippen LogP contribution is 2.36. The van der Waals surface area contributed by atoms with E-state index in [-0.39, 0.29) is 5.91 Å². The first-order valence-electron chi connectivity index (χ1n) is 6.93. The van der Waals surface area contributed by atoms with Gasteiger partial charge in [-0.05, 0) is 36.6 Å². The molecule has 1 aliphatic rings. The molecule has 4 nitrogen and oxygen atoms in total. The van der Waals surface area contributed by atoms with Crippen LogP contribution in [0.15, 0.2) is 23.6 Å². The van der Waals surface area contributed by atoms with Gasteiger partial charge in [-0.2, -0.15) is 5.26 Å². The molecule has 0 unspecified atom stereocenters. The summed E-state index contributed by atoms with van der Waals surface area (Å²) >= 11 is 3.09. The summed E-state index contributed by atoms with van der Waals surface area (Å²) in [5.74, 6) is -0.197. The number of rotatable bonds is 3. The Morgan fingerprint density at radius 2 is 2.41 bits per heavy atom. The molecule has 2 aromatic rings. The molecule has 0 bridgehead atoms. The lowest BCUT2D eigenvalue weighted by Gasteiger charge is -2.21. The van der Waals surface area contributed by atoms with Crippen molar-refractivity contribution >= 4 is 39.7 Å². The average Bonchev–Trinajstić information content (AvgIpc) is 3.11. The van der Waals surface area contributed by atoms with E-state index in [1.54, 1.807) is 17.4 Å². The molecule has 0 atom stereocenters. The summed E-state index contributed by atoms with van der Waals surface area (Å²) in [6.07, 6.45) is 4.16. The summed E-state index contributed by atoms with van der Waals surface area (Å²) in [7, 11) is 2.07. The first-order valence-corrected chi connectivity index (χ1v) is 8.62. The van der Waals surface area contributed by atoms with Gasteiger partial charge in [0.05, 0.1) is 5.56 Å². The smallest absolute Gasteiger partial charge is 0.249 e. The Morgan fingerprint density at radius 1 is 1.55 bits per heavy atom. The highest BCUT2D eigenvalue weighted by atomic mass is 32.1. The van der Waals surface area contributed by atoms with Crippen molar-refractivity contribution in [2.24, 2.45) is 0 Å². The Bertz CT molecular complexity index is 753. The van der Waals surface area contributed by atoms with Crippen molar-refractivity contribution in [2.45, 2.75) is 13.0 Å². The molecule has 112 valence electrons. The Labute approximate surface area is 137 Å². The van der Waals surface area contributed by atoms with Crippen LogP contribution in [0.1, 0.15) is 20.9 Å². The standard InChI is InChI=1S/C16H15N3OS2/c1-19-7-6-12-13(9-17)16(22-14(12)10-19)18-15(20)5-4-11-3-2-8-21-11/h2-5,8H,6-7,10H2,1H3,(H,18,20)/b5-4+. The first-order chi connectivity index (χ1) is 10.7. The van der Waals surface area contributed by atoms with Crippen LogP contribution in [0.2, 0.25) is 0 Å². The zero-order chi connectivity index (χ0) is 15.5. The third kappa shape index (κ3) is 3.12. The van der Waals surface area contributed by atoms with Gasteiger partial charge in [-0.25, -0.2) is 0 Å². The van der Waals surface area contributed by atoms with Gasteiger partial charge in [-0.1, -0.05) is 6.07 Å². The highest BCUT2D eigenvalue weighted by molar-refractivity contribution is 7.16. The van der Waals surface area contributed by atoms with Gasteiger partial charge in [0, 0.05) is 28.9 Å². The van der Waals surface area contributed by atoms with Gasteiger partial charge in [0.1, 0.15) is 11.1 Å². The fourth-order valence-corrected chi connectivity index (χ4v) is 4.33. The molecule has 0 radical (unpaired) electrons. The molecule has 0 saturated heterocycles. The first kappa shape index (κ1) is 15.0. The van der Waals surface area contributed by atoms with E-state index in [1.807, 2.05) is 17.5 Å². The van der Waals surface area contributed by atoms with E-state index in [1.165, 1.54) is 22.3 Å².